The van der Waals surface area contributed by atoms with E-state index in [-0.39, 0.29) is 5.91 Å². The van der Waals surface area contributed by atoms with Crippen LogP contribution in [0.2, 0.25) is 0 Å². The summed E-state index contributed by atoms with van der Waals surface area (Å²) in [7, 11) is 1.77. The van der Waals surface area contributed by atoms with Gasteiger partial charge in [0.25, 0.3) is 5.91 Å². The summed E-state index contributed by atoms with van der Waals surface area (Å²) < 4.78 is 1.97. The summed E-state index contributed by atoms with van der Waals surface area (Å²) in [4.78, 5) is 20.0. The summed E-state index contributed by atoms with van der Waals surface area (Å²) in [6, 6.07) is 1.83. The Morgan fingerprint density at radius 2 is 2.17 bits per heavy atom. The highest BCUT2D eigenvalue weighted by atomic mass is 16.1. The highest BCUT2D eigenvalue weighted by Gasteiger charge is 2.20. The molecular formula is C12H13N5O. The Labute approximate surface area is 104 Å². The summed E-state index contributed by atoms with van der Waals surface area (Å²) in [6.07, 6.45) is 6.19. The molecule has 2 aromatic rings. The normalized spacial score (nSPS) is 13.9. The van der Waals surface area contributed by atoms with E-state index in [1.807, 2.05) is 16.8 Å². The third-order valence-electron chi connectivity index (χ3n) is 3.02. The van der Waals surface area contributed by atoms with Crippen LogP contribution in [0.5, 0.6) is 0 Å². The van der Waals surface area contributed by atoms with E-state index in [0.29, 0.717) is 12.5 Å². The minimum Gasteiger partial charge on any atom is -0.357 e. The van der Waals surface area contributed by atoms with Crippen molar-refractivity contribution >= 4 is 11.9 Å². The zero-order chi connectivity index (χ0) is 12.5. The van der Waals surface area contributed by atoms with E-state index in [9.17, 15) is 4.79 Å². The van der Waals surface area contributed by atoms with E-state index in [2.05, 4.69) is 20.6 Å². The number of nitrogens with one attached hydrogen (secondary N) is 2. The molecule has 1 aliphatic rings. The number of hydrogen-bond acceptors (Lipinski definition) is 4. The van der Waals surface area contributed by atoms with E-state index in [4.69, 9.17) is 0 Å². The quantitative estimate of drug-likeness (QED) is 0.810. The molecule has 0 aromatic carbocycles. The van der Waals surface area contributed by atoms with Gasteiger partial charge >= 0.3 is 0 Å². The SMILES string of the molecule is CNc1ncc(-n2ccc3c2CCNC3=O)cn1. The van der Waals surface area contributed by atoms with E-state index in [0.717, 1.165) is 23.4 Å². The maximum Gasteiger partial charge on any atom is 0.253 e. The van der Waals surface area contributed by atoms with E-state index < -0.39 is 0 Å². The third-order valence-corrected chi connectivity index (χ3v) is 3.02. The molecule has 92 valence electrons. The summed E-state index contributed by atoms with van der Waals surface area (Å²) in [6.45, 7) is 0.672. The van der Waals surface area contributed by atoms with Gasteiger partial charge in [0.15, 0.2) is 0 Å². The van der Waals surface area contributed by atoms with Crippen LogP contribution in [0.4, 0.5) is 5.95 Å². The van der Waals surface area contributed by atoms with Crippen LogP contribution in [-0.2, 0) is 6.42 Å². The zero-order valence-corrected chi connectivity index (χ0v) is 9.97. The van der Waals surface area contributed by atoms with Crippen LogP contribution in [0.15, 0.2) is 24.7 Å². The molecular weight excluding hydrogens is 230 g/mol. The van der Waals surface area contributed by atoms with Crippen LogP contribution in [0, 0.1) is 0 Å². The van der Waals surface area contributed by atoms with Gasteiger partial charge in [-0.3, -0.25) is 4.79 Å². The van der Waals surface area contributed by atoms with Crippen molar-refractivity contribution in [2.45, 2.75) is 6.42 Å². The van der Waals surface area contributed by atoms with E-state index in [1.165, 1.54) is 0 Å². The second kappa shape index (κ2) is 4.14. The molecule has 0 radical (unpaired) electrons. The fourth-order valence-corrected chi connectivity index (χ4v) is 2.13. The smallest absolute Gasteiger partial charge is 0.253 e. The minimum atomic E-state index is -0.0113. The molecule has 0 aliphatic carbocycles. The van der Waals surface area contributed by atoms with Gasteiger partial charge in [-0.15, -0.1) is 0 Å². The average Bonchev–Trinajstić information content (AvgIpc) is 2.84. The first kappa shape index (κ1) is 10.8. The maximum atomic E-state index is 11.7. The molecule has 0 atom stereocenters. The first-order valence-corrected chi connectivity index (χ1v) is 5.78. The number of hydrogen-bond donors (Lipinski definition) is 2. The predicted octanol–water partition coefficient (Wildman–Crippen LogP) is 0.595. The van der Waals surface area contributed by atoms with Crippen molar-refractivity contribution in [2.24, 2.45) is 0 Å². The summed E-state index contributed by atoms with van der Waals surface area (Å²) in [5.74, 6) is 0.570. The van der Waals surface area contributed by atoms with Crippen LogP contribution in [0.25, 0.3) is 5.69 Å². The van der Waals surface area contributed by atoms with Gasteiger partial charge in [0.1, 0.15) is 0 Å². The molecule has 6 nitrogen and oxygen atoms in total. The maximum absolute atomic E-state index is 11.7. The Balaban J connectivity index is 2.04. The lowest BCUT2D eigenvalue weighted by atomic mass is 10.1. The monoisotopic (exact) mass is 243 g/mol. The number of aromatic nitrogens is 3. The Kier molecular flexibility index (Phi) is 2.47. The Morgan fingerprint density at radius 1 is 1.39 bits per heavy atom. The standard InChI is InChI=1S/C12H13N5O/c1-13-12-15-6-8(7-16-12)17-5-3-9-10(17)2-4-14-11(9)18/h3,5-7H,2,4H2,1H3,(H,14,18)(H,13,15,16). The fraction of sp³-hybridized carbons (Fsp3) is 0.250. The molecule has 3 rings (SSSR count). The van der Waals surface area contributed by atoms with Gasteiger partial charge < -0.3 is 15.2 Å². The molecule has 3 heterocycles. The van der Waals surface area contributed by atoms with Crippen LogP contribution in [-0.4, -0.2) is 34.0 Å². The van der Waals surface area contributed by atoms with E-state index >= 15 is 0 Å². The van der Waals surface area contributed by atoms with Crippen LogP contribution in [0.1, 0.15) is 16.1 Å². The molecule has 0 fully saturated rings. The number of rotatable bonds is 2. The van der Waals surface area contributed by atoms with Gasteiger partial charge in [-0.05, 0) is 6.07 Å². The van der Waals surface area contributed by atoms with Crippen molar-refractivity contribution in [2.75, 3.05) is 18.9 Å². The summed E-state index contributed by atoms with van der Waals surface area (Å²) in [5, 5.41) is 5.70. The Bertz CT molecular complexity index is 587. The molecule has 2 N–H and O–H groups in total. The van der Waals surface area contributed by atoms with Crippen LogP contribution < -0.4 is 10.6 Å². The summed E-state index contributed by atoms with van der Waals surface area (Å²) >= 11 is 0. The molecule has 0 spiro atoms. The molecule has 1 aliphatic heterocycles. The van der Waals surface area contributed by atoms with Gasteiger partial charge in [-0.25, -0.2) is 9.97 Å². The van der Waals surface area contributed by atoms with Gasteiger partial charge in [0.05, 0.1) is 23.6 Å². The molecule has 6 heteroatoms. The number of carbonyl (C=O) groups is 1. The van der Waals surface area contributed by atoms with Crippen molar-refractivity contribution in [1.82, 2.24) is 19.9 Å². The Morgan fingerprint density at radius 3 is 2.89 bits per heavy atom. The summed E-state index contributed by atoms with van der Waals surface area (Å²) in [5.41, 5.74) is 2.61. The largest absolute Gasteiger partial charge is 0.357 e. The molecule has 0 saturated heterocycles. The van der Waals surface area contributed by atoms with Crippen LogP contribution >= 0.6 is 0 Å². The third kappa shape index (κ3) is 1.62. The van der Waals surface area contributed by atoms with Crippen molar-refractivity contribution in [3.8, 4) is 5.69 Å². The second-order valence-corrected chi connectivity index (χ2v) is 4.07. The number of anilines is 1. The zero-order valence-electron chi connectivity index (χ0n) is 9.97. The number of nitrogens with zero attached hydrogens (tertiary/aromatic N) is 3. The highest BCUT2D eigenvalue weighted by Crippen LogP contribution is 2.19. The highest BCUT2D eigenvalue weighted by molar-refractivity contribution is 5.96. The predicted molar refractivity (Wildman–Crippen MR) is 66.9 cm³/mol. The molecule has 18 heavy (non-hydrogen) atoms. The molecule has 0 unspecified atom stereocenters. The van der Waals surface area contributed by atoms with Crippen molar-refractivity contribution in [3.63, 3.8) is 0 Å². The number of amides is 1. The second-order valence-electron chi connectivity index (χ2n) is 4.07. The number of fused-ring (bicyclic) bond motifs is 1. The average molecular weight is 243 g/mol. The molecule has 0 bridgehead atoms. The minimum absolute atomic E-state index is 0.0113. The van der Waals surface area contributed by atoms with Crippen molar-refractivity contribution in [3.05, 3.63) is 35.9 Å². The van der Waals surface area contributed by atoms with Crippen molar-refractivity contribution in [1.29, 1.82) is 0 Å². The van der Waals surface area contributed by atoms with Gasteiger partial charge in [0, 0.05) is 31.9 Å². The lowest BCUT2D eigenvalue weighted by Crippen LogP contribution is -2.32. The fourth-order valence-electron chi connectivity index (χ4n) is 2.13. The first-order chi connectivity index (χ1) is 8.79. The lowest BCUT2D eigenvalue weighted by molar-refractivity contribution is 0.0945. The molecule has 1 amide bonds. The van der Waals surface area contributed by atoms with Crippen LogP contribution in [0.3, 0.4) is 0 Å². The van der Waals surface area contributed by atoms with Gasteiger partial charge in [-0.2, -0.15) is 0 Å². The van der Waals surface area contributed by atoms with Gasteiger partial charge in [0.2, 0.25) is 5.95 Å². The topological polar surface area (TPSA) is 71.8 Å². The molecule has 0 saturated carbocycles. The number of carbonyl (C=O) groups excluding carboxylic acids is 1. The van der Waals surface area contributed by atoms with Gasteiger partial charge in [-0.1, -0.05) is 0 Å². The van der Waals surface area contributed by atoms with E-state index in [1.54, 1.807) is 19.4 Å². The lowest BCUT2D eigenvalue weighted by Gasteiger charge is -2.16. The Hall–Kier alpha value is -2.37. The van der Waals surface area contributed by atoms with Crippen molar-refractivity contribution < 1.29 is 4.79 Å². The first-order valence-electron chi connectivity index (χ1n) is 5.78. The molecule has 2 aromatic heterocycles.